The van der Waals surface area contributed by atoms with Crippen molar-refractivity contribution < 1.29 is 19.4 Å². The van der Waals surface area contributed by atoms with Crippen molar-refractivity contribution in [3.05, 3.63) is 18.2 Å². The van der Waals surface area contributed by atoms with E-state index in [9.17, 15) is 9.59 Å². The maximum Gasteiger partial charge on any atom is 0.303 e. The second-order valence-electron chi connectivity index (χ2n) is 4.26. The Morgan fingerprint density at radius 1 is 1.53 bits per heavy atom. The fourth-order valence-electron chi connectivity index (χ4n) is 1.99. The minimum atomic E-state index is -0.857. The van der Waals surface area contributed by atoms with Gasteiger partial charge in [-0.2, -0.15) is 0 Å². The summed E-state index contributed by atoms with van der Waals surface area (Å²) in [5.74, 6) is -0.357. The van der Waals surface area contributed by atoms with E-state index in [1.165, 1.54) is 0 Å². The number of hydrogen-bond donors (Lipinski definition) is 2. The molecular formula is C13H16N2O4. The van der Waals surface area contributed by atoms with Crippen molar-refractivity contribution in [2.24, 2.45) is 0 Å². The zero-order chi connectivity index (χ0) is 13.8. The zero-order valence-corrected chi connectivity index (χ0v) is 10.7. The first-order valence-corrected chi connectivity index (χ1v) is 6.08. The molecule has 0 spiro atoms. The number of carboxylic acid groups (broad SMARTS) is 1. The summed E-state index contributed by atoms with van der Waals surface area (Å²) in [5.41, 5.74) is 1.56. The Morgan fingerprint density at radius 2 is 2.32 bits per heavy atom. The number of nitrogens with one attached hydrogen (secondary N) is 1. The fraction of sp³-hybridized carbons (Fsp3) is 0.385. The average Bonchev–Trinajstić information content (AvgIpc) is 2.40. The molecule has 1 amide bonds. The van der Waals surface area contributed by atoms with Gasteiger partial charge in [-0.05, 0) is 24.6 Å². The summed E-state index contributed by atoms with van der Waals surface area (Å²) in [6.45, 7) is 0.383. The van der Waals surface area contributed by atoms with Crippen molar-refractivity contribution >= 4 is 23.3 Å². The summed E-state index contributed by atoms with van der Waals surface area (Å²) < 4.78 is 5.36. The highest BCUT2D eigenvalue weighted by atomic mass is 16.5. The van der Waals surface area contributed by atoms with Crippen LogP contribution in [0.15, 0.2) is 18.2 Å². The number of ether oxygens (including phenoxy) is 1. The molecule has 6 heteroatoms. The topological polar surface area (TPSA) is 78.9 Å². The fourth-order valence-corrected chi connectivity index (χ4v) is 1.99. The van der Waals surface area contributed by atoms with Gasteiger partial charge in [0.1, 0.15) is 5.75 Å². The Hall–Kier alpha value is -2.24. The van der Waals surface area contributed by atoms with Crippen LogP contribution < -0.4 is 15.0 Å². The normalized spacial score (nSPS) is 13.7. The van der Waals surface area contributed by atoms with E-state index < -0.39 is 5.97 Å². The molecule has 0 aromatic heterocycles. The van der Waals surface area contributed by atoms with E-state index in [4.69, 9.17) is 9.84 Å². The molecule has 1 aliphatic rings. The quantitative estimate of drug-likeness (QED) is 0.838. The van der Waals surface area contributed by atoms with Crippen molar-refractivity contribution in [3.8, 4) is 5.75 Å². The third kappa shape index (κ3) is 2.96. The molecule has 1 heterocycles. The van der Waals surface area contributed by atoms with E-state index in [-0.39, 0.29) is 18.9 Å². The van der Waals surface area contributed by atoms with Gasteiger partial charge in [-0.25, -0.2) is 0 Å². The van der Waals surface area contributed by atoms with Gasteiger partial charge in [-0.15, -0.1) is 0 Å². The Morgan fingerprint density at radius 3 is 3.00 bits per heavy atom. The molecule has 2 rings (SSSR count). The minimum absolute atomic E-state index is 0.00102. The predicted molar refractivity (Wildman–Crippen MR) is 70.7 cm³/mol. The smallest absolute Gasteiger partial charge is 0.303 e. The Kier molecular flexibility index (Phi) is 3.89. The Bertz CT molecular complexity index is 501. The number of amides is 1. The molecule has 0 radical (unpaired) electrons. The van der Waals surface area contributed by atoms with Gasteiger partial charge in [0.05, 0.1) is 5.69 Å². The first-order chi connectivity index (χ1) is 9.11. The number of aliphatic carboxylic acids is 1. The van der Waals surface area contributed by atoms with Gasteiger partial charge in [0.25, 0.3) is 5.91 Å². The average molecular weight is 264 g/mol. The summed E-state index contributed by atoms with van der Waals surface area (Å²) in [6.07, 6.45) is 0.468. The molecule has 0 saturated carbocycles. The van der Waals surface area contributed by atoms with Crippen LogP contribution in [0.2, 0.25) is 0 Å². The summed E-state index contributed by atoms with van der Waals surface area (Å²) in [6, 6.07) is 5.50. The van der Waals surface area contributed by atoms with Crippen molar-refractivity contribution in [2.75, 3.05) is 30.4 Å². The third-order valence-corrected chi connectivity index (χ3v) is 2.96. The van der Waals surface area contributed by atoms with Crippen LogP contribution in [0.25, 0.3) is 0 Å². The number of fused-ring (bicyclic) bond motifs is 1. The van der Waals surface area contributed by atoms with Crippen LogP contribution in [0.3, 0.4) is 0 Å². The van der Waals surface area contributed by atoms with E-state index >= 15 is 0 Å². The van der Waals surface area contributed by atoms with Gasteiger partial charge >= 0.3 is 5.97 Å². The number of nitrogens with zero attached hydrogens (tertiary/aromatic N) is 1. The predicted octanol–water partition coefficient (Wildman–Crippen LogP) is 1.32. The van der Waals surface area contributed by atoms with Crippen molar-refractivity contribution in [3.63, 3.8) is 0 Å². The summed E-state index contributed by atoms with van der Waals surface area (Å²) in [4.78, 5) is 24.0. The first-order valence-electron chi connectivity index (χ1n) is 6.08. The minimum Gasteiger partial charge on any atom is -0.482 e. The Balaban J connectivity index is 2.18. The SMILES string of the molecule is CNc1ccc2c(c1)N(CCCC(=O)O)C(=O)CO2. The monoisotopic (exact) mass is 264 g/mol. The standard InChI is InChI=1S/C13H16N2O4/c1-14-9-4-5-11-10(7-9)15(12(16)8-19-11)6-2-3-13(17)18/h4-5,7,14H,2-3,6,8H2,1H3,(H,17,18). The molecule has 102 valence electrons. The van der Waals surface area contributed by atoms with E-state index in [1.807, 2.05) is 12.1 Å². The molecular weight excluding hydrogens is 248 g/mol. The van der Waals surface area contributed by atoms with Crippen molar-refractivity contribution in [1.29, 1.82) is 0 Å². The van der Waals surface area contributed by atoms with Gasteiger partial charge in [0.15, 0.2) is 6.61 Å². The highest BCUT2D eigenvalue weighted by molar-refractivity contribution is 5.98. The summed E-state index contributed by atoms with van der Waals surface area (Å²) >= 11 is 0. The first kappa shape index (κ1) is 13.2. The molecule has 1 aromatic rings. The molecule has 0 bridgehead atoms. The van der Waals surface area contributed by atoms with E-state index in [1.54, 1.807) is 18.0 Å². The Labute approximate surface area is 111 Å². The second kappa shape index (κ2) is 5.60. The maximum absolute atomic E-state index is 11.9. The summed E-state index contributed by atoms with van der Waals surface area (Å²) in [7, 11) is 1.79. The number of hydrogen-bond acceptors (Lipinski definition) is 4. The van der Waals surface area contributed by atoms with Crippen LogP contribution in [0.1, 0.15) is 12.8 Å². The van der Waals surface area contributed by atoms with E-state index in [0.29, 0.717) is 24.4 Å². The van der Waals surface area contributed by atoms with Gasteiger partial charge in [0.2, 0.25) is 0 Å². The number of carbonyl (C=O) groups excluding carboxylic acids is 1. The van der Waals surface area contributed by atoms with Gasteiger partial charge in [-0.3, -0.25) is 9.59 Å². The molecule has 0 aliphatic carbocycles. The van der Waals surface area contributed by atoms with Crippen LogP contribution in [0.4, 0.5) is 11.4 Å². The molecule has 1 aromatic carbocycles. The highest BCUT2D eigenvalue weighted by Crippen LogP contribution is 2.34. The molecule has 0 atom stereocenters. The van der Waals surface area contributed by atoms with Crippen molar-refractivity contribution in [2.45, 2.75) is 12.8 Å². The highest BCUT2D eigenvalue weighted by Gasteiger charge is 2.25. The van der Waals surface area contributed by atoms with Gasteiger partial charge < -0.3 is 20.1 Å². The second-order valence-corrected chi connectivity index (χ2v) is 4.26. The lowest BCUT2D eigenvalue weighted by atomic mass is 10.2. The molecule has 1 aliphatic heterocycles. The number of rotatable bonds is 5. The van der Waals surface area contributed by atoms with Crippen LogP contribution in [-0.2, 0) is 9.59 Å². The number of anilines is 2. The van der Waals surface area contributed by atoms with Gasteiger partial charge in [-0.1, -0.05) is 0 Å². The number of carboxylic acids is 1. The summed E-state index contributed by atoms with van der Waals surface area (Å²) in [5, 5.41) is 11.6. The van der Waals surface area contributed by atoms with E-state index in [2.05, 4.69) is 5.32 Å². The lowest BCUT2D eigenvalue weighted by molar-refractivity contribution is -0.137. The third-order valence-electron chi connectivity index (χ3n) is 2.96. The lowest BCUT2D eigenvalue weighted by Crippen LogP contribution is -2.39. The molecule has 2 N–H and O–H groups in total. The zero-order valence-electron chi connectivity index (χ0n) is 10.7. The number of benzene rings is 1. The molecule has 0 unspecified atom stereocenters. The lowest BCUT2D eigenvalue weighted by Gasteiger charge is -2.29. The van der Waals surface area contributed by atoms with Gasteiger partial charge in [0, 0.05) is 25.7 Å². The number of carbonyl (C=O) groups is 2. The van der Waals surface area contributed by atoms with Crippen molar-refractivity contribution in [1.82, 2.24) is 0 Å². The van der Waals surface area contributed by atoms with Crippen LogP contribution in [0, 0.1) is 0 Å². The maximum atomic E-state index is 11.9. The molecule has 0 saturated heterocycles. The van der Waals surface area contributed by atoms with Crippen LogP contribution >= 0.6 is 0 Å². The largest absolute Gasteiger partial charge is 0.482 e. The molecule has 6 nitrogen and oxygen atoms in total. The van der Waals surface area contributed by atoms with E-state index in [0.717, 1.165) is 5.69 Å². The molecule has 19 heavy (non-hydrogen) atoms. The van der Waals surface area contributed by atoms with Crippen LogP contribution in [-0.4, -0.2) is 37.2 Å². The molecule has 0 fully saturated rings. The van der Waals surface area contributed by atoms with Crippen LogP contribution in [0.5, 0.6) is 5.75 Å².